The summed E-state index contributed by atoms with van der Waals surface area (Å²) in [5.74, 6) is 1.67. The van der Waals surface area contributed by atoms with Gasteiger partial charge in [0.15, 0.2) is 0 Å². The van der Waals surface area contributed by atoms with E-state index in [9.17, 15) is 0 Å². The SMILES string of the molecule is CCOc1ccc(CCC(C)CCNC(C)(C)C)cc1Br. The first-order valence-corrected chi connectivity index (χ1v) is 8.77. The second kappa shape index (κ2) is 8.79. The van der Waals surface area contributed by atoms with E-state index in [0.29, 0.717) is 6.61 Å². The van der Waals surface area contributed by atoms with Gasteiger partial charge >= 0.3 is 0 Å². The van der Waals surface area contributed by atoms with Gasteiger partial charge in [-0.2, -0.15) is 0 Å². The maximum atomic E-state index is 5.55. The van der Waals surface area contributed by atoms with Crippen molar-refractivity contribution in [2.75, 3.05) is 13.2 Å². The zero-order chi connectivity index (χ0) is 15.9. The zero-order valence-corrected chi connectivity index (χ0v) is 15.7. The smallest absolute Gasteiger partial charge is 0.133 e. The minimum Gasteiger partial charge on any atom is -0.493 e. The Hall–Kier alpha value is -0.540. The molecule has 0 saturated heterocycles. The number of benzene rings is 1. The van der Waals surface area contributed by atoms with Crippen LogP contribution in [0.5, 0.6) is 5.75 Å². The molecule has 0 bridgehead atoms. The van der Waals surface area contributed by atoms with Crippen molar-refractivity contribution >= 4 is 15.9 Å². The topological polar surface area (TPSA) is 21.3 Å². The van der Waals surface area contributed by atoms with E-state index in [0.717, 1.165) is 29.1 Å². The number of rotatable bonds is 8. The van der Waals surface area contributed by atoms with Crippen LogP contribution in [-0.2, 0) is 6.42 Å². The monoisotopic (exact) mass is 355 g/mol. The Morgan fingerprint density at radius 2 is 1.95 bits per heavy atom. The Morgan fingerprint density at radius 1 is 1.24 bits per heavy atom. The average Bonchev–Trinajstić information content (AvgIpc) is 2.38. The summed E-state index contributed by atoms with van der Waals surface area (Å²) < 4.78 is 6.61. The van der Waals surface area contributed by atoms with E-state index in [2.05, 4.69) is 67.1 Å². The van der Waals surface area contributed by atoms with Gasteiger partial charge in [-0.05, 0) is 93.0 Å². The lowest BCUT2D eigenvalue weighted by atomic mass is 9.97. The maximum Gasteiger partial charge on any atom is 0.133 e. The highest BCUT2D eigenvalue weighted by Crippen LogP contribution is 2.27. The van der Waals surface area contributed by atoms with Crippen LogP contribution < -0.4 is 10.1 Å². The van der Waals surface area contributed by atoms with Crippen LogP contribution in [0.15, 0.2) is 22.7 Å². The quantitative estimate of drug-likeness (QED) is 0.692. The van der Waals surface area contributed by atoms with E-state index in [4.69, 9.17) is 4.74 Å². The van der Waals surface area contributed by atoms with Gasteiger partial charge < -0.3 is 10.1 Å². The summed E-state index contributed by atoms with van der Waals surface area (Å²) in [5.41, 5.74) is 1.60. The lowest BCUT2D eigenvalue weighted by Gasteiger charge is -2.22. The normalized spacial score (nSPS) is 13.2. The summed E-state index contributed by atoms with van der Waals surface area (Å²) in [6, 6.07) is 6.43. The van der Waals surface area contributed by atoms with Crippen LogP contribution in [0.4, 0.5) is 0 Å². The Morgan fingerprint density at radius 3 is 2.52 bits per heavy atom. The summed E-state index contributed by atoms with van der Waals surface area (Å²) in [6.07, 6.45) is 3.59. The number of hydrogen-bond donors (Lipinski definition) is 1. The lowest BCUT2D eigenvalue weighted by molar-refractivity contribution is 0.338. The Kier molecular flexibility index (Phi) is 7.75. The number of aryl methyl sites for hydroxylation is 1. The van der Waals surface area contributed by atoms with Gasteiger partial charge in [0.2, 0.25) is 0 Å². The van der Waals surface area contributed by atoms with E-state index in [-0.39, 0.29) is 5.54 Å². The van der Waals surface area contributed by atoms with E-state index in [1.807, 2.05) is 6.92 Å². The molecule has 0 saturated carbocycles. The second-order valence-corrected chi connectivity index (χ2v) is 7.66. The molecule has 120 valence electrons. The van der Waals surface area contributed by atoms with E-state index >= 15 is 0 Å². The van der Waals surface area contributed by atoms with E-state index in [1.54, 1.807) is 0 Å². The van der Waals surface area contributed by atoms with Crippen LogP contribution in [-0.4, -0.2) is 18.7 Å². The fraction of sp³-hybridized carbons (Fsp3) is 0.667. The molecule has 0 aromatic heterocycles. The van der Waals surface area contributed by atoms with Crippen LogP contribution >= 0.6 is 15.9 Å². The van der Waals surface area contributed by atoms with Gasteiger partial charge in [-0.15, -0.1) is 0 Å². The van der Waals surface area contributed by atoms with Gasteiger partial charge in [-0.1, -0.05) is 13.0 Å². The van der Waals surface area contributed by atoms with Crippen molar-refractivity contribution in [3.63, 3.8) is 0 Å². The maximum absolute atomic E-state index is 5.55. The van der Waals surface area contributed by atoms with Crippen LogP contribution in [0, 0.1) is 5.92 Å². The first-order valence-electron chi connectivity index (χ1n) is 7.98. The molecule has 1 aromatic rings. The van der Waals surface area contributed by atoms with Crippen LogP contribution in [0.1, 0.15) is 53.0 Å². The highest BCUT2D eigenvalue weighted by Gasteiger charge is 2.10. The molecule has 0 fully saturated rings. The van der Waals surface area contributed by atoms with Gasteiger partial charge in [-0.25, -0.2) is 0 Å². The van der Waals surface area contributed by atoms with Crippen molar-refractivity contribution in [2.45, 2.75) is 59.4 Å². The van der Waals surface area contributed by atoms with Crippen molar-refractivity contribution in [3.8, 4) is 5.75 Å². The third-order valence-electron chi connectivity index (χ3n) is 3.51. The van der Waals surface area contributed by atoms with Crippen LogP contribution in [0.25, 0.3) is 0 Å². The van der Waals surface area contributed by atoms with E-state index in [1.165, 1.54) is 18.4 Å². The Labute approximate surface area is 138 Å². The number of hydrogen-bond acceptors (Lipinski definition) is 2. The predicted octanol–water partition coefficient (Wildman–Crippen LogP) is 5.19. The third-order valence-corrected chi connectivity index (χ3v) is 4.13. The summed E-state index contributed by atoms with van der Waals surface area (Å²) in [4.78, 5) is 0. The molecule has 1 N–H and O–H groups in total. The van der Waals surface area contributed by atoms with Crippen LogP contribution in [0.3, 0.4) is 0 Å². The van der Waals surface area contributed by atoms with Crippen molar-refractivity contribution < 1.29 is 4.74 Å². The molecule has 21 heavy (non-hydrogen) atoms. The fourth-order valence-electron chi connectivity index (χ4n) is 2.22. The van der Waals surface area contributed by atoms with Gasteiger partial charge in [0.25, 0.3) is 0 Å². The Balaban J connectivity index is 2.36. The molecule has 1 rings (SSSR count). The fourth-order valence-corrected chi connectivity index (χ4v) is 2.76. The molecule has 0 radical (unpaired) electrons. The molecular formula is C18H30BrNO. The van der Waals surface area contributed by atoms with Gasteiger partial charge in [0, 0.05) is 5.54 Å². The van der Waals surface area contributed by atoms with E-state index < -0.39 is 0 Å². The second-order valence-electron chi connectivity index (χ2n) is 6.81. The molecular weight excluding hydrogens is 326 g/mol. The number of halogens is 1. The van der Waals surface area contributed by atoms with Gasteiger partial charge in [0.1, 0.15) is 5.75 Å². The summed E-state index contributed by atoms with van der Waals surface area (Å²) in [5, 5.41) is 3.56. The molecule has 0 aliphatic heterocycles. The molecule has 1 atom stereocenters. The first kappa shape index (κ1) is 18.5. The molecule has 1 aromatic carbocycles. The summed E-state index contributed by atoms with van der Waals surface area (Å²) in [6.45, 7) is 12.8. The standard InChI is InChI=1S/C18H30BrNO/c1-6-21-17-10-9-15(13-16(17)19)8-7-14(2)11-12-20-18(3,4)5/h9-10,13-14,20H,6-8,11-12H2,1-5H3. The summed E-state index contributed by atoms with van der Waals surface area (Å²) >= 11 is 3.58. The van der Waals surface area contributed by atoms with Gasteiger partial charge in [-0.3, -0.25) is 0 Å². The first-order chi connectivity index (χ1) is 9.81. The molecule has 3 heteroatoms. The predicted molar refractivity (Wildman–Crippen MR) is 95.2 cm³/mol. The molecule has 0 heterocycles. The van der Waals surface area contributed by atoms with Gasteiger partial charge in [0.05, 0.1) is 11.1 Å². The average molecular weight is 356 g/mol. The van der Waals surface area contributed by atoms with Crippen LogP contribution in [0.2, 0.25) is 0 Å². The molecule has 1 unspecified atom stereocenters. The number of nitrogens with one attached hydrogen (secondary N) is 1. The highest BCUT2D eigenvalue weighted by molar-refractivity contribution is 9.10. The number of ether oxygens (including phenoxy) is 1. The van der Waals surface area contributed by atoms with Crippen molar-refractivity contribution in [3.05, 3.63) is 28.2 Å². The highest BCUT2D eigenvalue weighted by atomic mass is 79.9. The summed E-state index contributed by atoms with van der Waals surface area (Å²) in [7, 11) is 0. The van der Waals surface area contributed by atoms with Crippen molar-refractivity contribution in [1.29, 1.82) is 0 Å². The minimum atomic E-state index is 0.222. The lowest BCUT2D eigenvalue weighted by Crippen LogP contribution is -2.36. The molecule has 0 spiro atoms. The molecule has 0 aliphatic carbocycles. The minimum absolute atomic E-state index is 0.222. The molecule has 2 nitrogen and oxygen atoms in total. The third kappa shape index (κ3) is 7.87. The largest absolute Gasteiger partial charge is 0.493 e. The molecule has 0 amide bonds. The molecule has 0 aliphatic rings. The Bertz CT molecular complexity index is 426. The van der Waals surface area contributed by atoms with Crippen molar-refractivity contribution in [2.24, 2.45) is 5.92 Å². The zero-order valence-electron chi connectivity index (χ0n) is 14.1. The van der Waals surface area contributed by atoms with Crippen molar-refractivity contribution in [1.82, 2.24) is 5.32 Å².